The number of aliphatic hydroxyl groups excluding tert-OH is 1. The molecule has 3 saturated heterocycles. The number of hydrogen-bond donors (Lipinski definition) is 3. The molecule has 3 aliphatic rings. The Labute approximate surface area is 444 Å². The fourth-order valence-electron chi connectivity index (χ4n) is 9.43. The predicted molar refractivity (Wildman–Crippen MR) is 289 cm³/mol. The fraction of sp³-hybridized carbons (Fsp3) is 0.528. The molecule has 6 heterocycles. The highest BCUT2D eigenvalue weighted by Gasteiger charge is 2.32. The van der Waals surface area contributed by atoms with Gasteiger partial charge in [0.05, 0.1) is 22.1 Å². The maximum Gasteiger partial charge on any atom is 0.354 e. The third kappa shape index (κ3) is 16.0. The number of halogens is 4. The van der Waals surface area contributed by atoms with Crippen LogP contribution in [0.3, 0.4) is 0 Å². The molecule has 3 atom stereocenters. The number of H-pyrrole nitrogens is 2. The van der Waals surface area contributed by atoms with Crippen molar-refractivity contribution in [2.45, 2.75) is 127 Å². The van der Waals surface area contributed by atoms with Gasteiger partial charge >= 0.3 is 10.6 Å². The van der Waals surface area contributed by atoms with Crippen LogP contribution in [0.25, 0.3) is 33.1 Å². The molecule has 3 aromatic heterocycles. The van der Waals surface area contributed by atoms with Crippen molar-refractivity contribution in [1.82, 2.24) is 44.1 Å². The van der Waals surface area contributed by atoms with E-state index in [4.69, 9.17) is 51.5 Å². The van der Waals surface area contributed by atoms with E-state index in [9.17, 15) is 19.2 Å². The van der Waals surface area contributed by atoms with Gasteiger partial charge in [-0.05, 0) is 160 Å². The number of hydrogen-bond acceptors (Lipinski definition) is 7. The maximum atomic E-state index is 12.1. The van der Waals surface area contributed by atoms with E-state index >= 15 is 0 Å². The van der Waals surface area contributed by atoms with Crippen LogP contribution in [-0.4, -0.2) is 112 Å². The lowest BCUT2D eigenvalue weighted by atomic mass is 10.0. The van der Waals surface area contributed by atoms with E-state index in [0.717, 1.165) is 96.8 Å². The quantitative estimate of drug-likeness (QED) is 0.0588. The predicted octanol–water partition coefficient (Wildman–Crippen LogP) is 11.4. The number of aryl methyl sites for hydroxylation is 3. The molecule has 3 aromatic carbocycles. The van der Waals surface area contributed by atoms with Gasteiger partial charge in [-0.15, -0.1) is 0 Å². The smallest absolute Gasteiger partial charge is 0.354 e. The molecule has 72 heavy (non-hydrogen) atoms. The van der Waals surface area contributed by atoms with Gasteiger partial charge in [0.2, 0.25) is 28.3 Å². The van der Waals surface area contributed by atoms with E-state index in [0.29, 0.717) is 79.3 Å². The summed E-state index contributed by atoms with van der Waals surface area (Å²) in [7, 11) is 0. The molecule has 0 aliphatic carbocycles. The summed E-state index contributed by atoms with van der Waals surface area (Å²) >= 11 is 23.4. The number of aromatic nitrogens is 6. The van der Waals surface area contributed by atoms with Crippen LogP contribution in [0.2, 0.25) is 15.9 Å². The van der Waals surface area contributed by atoms with Crippen LogP contribution in [0.5, 0.6) is 0 Å². The zero-order chi connectivity index (χ0) is 52.6. The Balaban J connectivity index is 0.000000176. The first-order chi connectivity index (χ1) is 34.4. The van der Waals surface area contributed by atoms with Crippen molar-refractivity contribution in [3.8, 4) is 0 Å². The number of aliphatic hydroxyl groups is 1. The third-order valence-corrected chi connectivity index (χ3v) is 14.2. The van der Waals surface area contributed by atoms with Gasteiger partial charge in [0.1, 0.15) is 13.4 Å². The molecule has 4 amide bonds. The van der Waals surface area contributed by atoms with Gasteiger partial charge in [-0.1, -0.05) is 58.2 Å². The number of nitrogens with zero attached hydrogens (tertiary/aromatic N) is 8. The van der Waals surface area contributed by atoms with Gasteiger partial charge in [-0.25, -0.2) is 15.0 Å². The number of fused-ring (bicyclic) bond motifs is 3. The number of carbonyl (C=O) groups excluding carboxylic acids is 4. The van der Waals surface area contributed by atoms with Crippen LogP contribution in [0.1, 0.15) is 109 Å². The van der Waals surface area contributed by atoms with Crippen LogP contribution >= 0.6 is 46.4 Å². The van der Waals surface area contributed by atoms with Gasteiger partial charge in [-0.3, -0.25) is 23.7 Å². The number of imidazole rings is 3. The zero-order valence-corrected chi connectivity index (χ0v) is 46.1. The Morgan fingerprint density at radius 1 is 0.681 bits per heavy atom. The number of amides is 4. The highest BCUT2D eigenvalue weighted by Crippen LogP contribution is 2.27. The molecule has 0 bridgehead atoms. The summed E-state index contributed by atoms with van der Waals surface area (Å²) < 4.78 is 3.90. The maximum absolute atomic E-state index is 12.1. The monoisotopic (exact) mass is 1070 g/mol. The zero-order valence-electron chi connectivity index (χ0n) is 43.1. The Hall–Kier alpha value is -4.93. The molecular weight excluding hydrogens is 998 g/mol. The third-order valence-electron chi connectivity index (χ3n) is 13.2. The van der Waals surface area contributed by atoms with Crippen LogP contribution in [0.4, 0.5) is 4.79 Å². The standard InChI is InChI=1S/2C16H20ClN3O.C8H7ClN2.C8H15NO2.C5H10ClNO/c1-3-4-12-8-15(21)19(9-12)10-20-14-6-5-11(2)7-13(14)18-16(20)17;1-3-4-12-8-15(21)19(9-12)10-20-14-7-11(2)5-6-13(14)18-16(20)17;1-5-2-3-6-7(4-5)11-8(9)10-6;1-2-3-7-4-8(11)9(5-7)6-10;1-3-7(4-2)5(6)8/h2*5-7,12H,3-4,8-10H2,1-2H3;2-4H,1H3,(H,10,11);7,10H,2-6H2,1H3;3-4H2,1-2H3/p+1. The molecule has 19 heteroatoms. The minimum atomic E-state index is -0.366. The normalized spacial score (nSPS) is 17.4. The molecule has 0 radical (unpaired) electrons. The second kappa shape index (κ2) is 27.9. The minimum Gasteiger partial charge on any atom is -0.376 e. The van der Waals surface area contributed by atoms with Crippen molar-refractivity contribution in [2.75, 3.05) is 39.5 Å². The van der Waals surface area contributed by atoms with E-state index < -0.39 is 0 Å². The molecule has 0 saturated carbocycles. The molecule has 3 fully saturated rings. The molecular formula is C53H73Cl4N10O5+. The van der Waals surface area contributed by atoms with Crippen molar-refractivity contribution >= 4 is 103 Å². The van der Waals surface area contributed by atoms with Gasteiger partial charge in [0.15, 0.2) is 17.7 Å². The van der Waals surface area contributed by atoms with Crippen molar-refractivity contribution in [2.24, 2.45) is 17.8 Å². The second-order valence-electron chi connectivity index (χ2n) is 19.0. The Bertz CT molecular complexity index is 2750. The number of nitrogens with one attached hydrogen (secondary N) is 2. The molecule has 0 spiro atoms. The van der Waals surface area contributed by atoms with Gasteiger partial charge < -0.3 is 29.7 Å². The summed E-state index contributed by atoms with van der Waals surface area (Å²) in [6.07, 6.45) is 8.68. The summed E-state index contributed by atoms with van der Waals surface area (Å²) in [5.41, 5.74) is 9.39. The Morgan fingerprint density at radius 3 is 1.71 bits per heavy atom. The average Bonchev–Trinajstić information content (AvgIpc) is 4.18. The van der Waals surface area contributed by atoms with E-state index in [1.807, 2.05) is 77.0 Å². The van der Waals surface area contributed by atoms with Crippen LogP contribution < -0.4 is 4.57 Å². The van der Waals surface area contributed by atoms with Crippen LogP contribution in [-0.2, 0) is 27.7 Å². The average molecular weight is 1070 g/mol. The molecule has 15 nitrogen and oxygen atoms in total. The number of aromatic amines is 2. The number of rotatable bonds is 13. The molecule has 392 valence electrons. The largest absolute Gasteiger partial charge is 0.376 e. The number of benzene rings is 3. The van der Waals surface area contributed by atoms with Gasteiger partial charge in [0, 0.05) is 63.6 Å². The minimum absolute atomic E-state index is 0.103. The van der Waals surface area contributed by atoms with Crippen molar-refractivity contribution < 1.29 is 28.9 Å². The molecule has 3 unspecified atom stereocenters. The highest BCUT2D eigenvalue weighted by atomic mass is 35.5. The molecule has 3 aliphatic heterocycles. The van der Waals surface area contributed by atoms with Crippen LogP contribution in [0.15, 0.2) is 54.6 Å². The molecule has 3 N–H and O–H groups in total. The topological polar surface area (TPSA) is 168 Å². The summed E-state index contributed by atoms with van der Waals surface area (Å²) in [6, 6.07) is 18.2. The Kier molecular flexibility index (Phi) is 22.5. The van der Waals surface area contributed by atoms with E-state index in [1.165, 1.54) is 16.0 Å². The van der Waals surface area contributed by atoms with E-state index in [-0.39, 0.29) is 29.8 Å². The van der Waals surface area contributed by atoms with Crippen molar-refractivity contribution in [3.05, 3.63) is 87.1 Å². The van der Waals surface area contributed by atoms with Crippen molar-refractivity contribution in [3.63, 3.8) is 0 Å². The first kappa shape index (κ1) is 58.0. The summed E-state index contributed by atoms with van der Waals surface area (Å²) in [5, 5.41) is 9.83. The first-order valence-corrected chi connectivity index (χ1v) is 26.7. The summed E-state index contributed by atoms with van der Waals surface area (Å²) in [5.74, 6) is 2.02. The number of carbonyl (C=O) groups is 4. The highest BCUT2D eigenvalue weighted by molar-refractivity contribution is 6.62. The van der Waals surface area contributed by atoms with E-state index in [2.05, 4.69) is 71.9 Å². The molecule has 9 rings (SSSR count). The second-order valence-corrected chi connectivity index (χ2v) is 20.4. The first-order valence-electron chi connectivity index (χ1n) is 25.2. The van der Waals surface area contributed by atoms with Crippen LogP contribution in [0, 0.1) is 38.5 Å². The Morgan fingerprint density at radius 2 is 1.18 bits per heavy atom. The summed E-state index contributed by atoms with van der Waals surface area (Å²) in [6.45, 7) is 21.1. The van der Waals surface area contributed by atoms with Crippen molar-refractivity contribution in [1.29, 1.82) is 0 Å². The fourth-order valence-corrected chi connectivity index (χ4v) is 10.3. The van der Waals surface area contributed by atoms with E-state index in [1.54, 1.807) is 4.90 Å². The summed E-state index contributed by atoms with van der Waals surface area (Å²) in [4.78, 5) is 67.1. The lowest BCUT2D eigenvalue weighted by Gasteiger charge is -2.18. The van der Waals surface area contributed by atoms with Gasteiger partial charge in [0.25, 0.3) is 0 Å². The lowest BCUT2D eigenvalue weighted by molar-refractivity contribution is -0.685. The lowest BCUT2D eigenvalue weighted by Crippen LogP contribution is -2.44. The number of likely N-dealkylation sites (tertiary alicyclic amines) is 3. The molecule has 6 aromatic rings. The van der Waals surface area contributed by atoms with Gasteiger partial charge in [-0.2, -0.15) is 4.57 Å². The SMILES string of the molecule is CCCC1CC(=O)N(CO)C1.CCCC1CC(=O)N(C[n+]2c(Cl)[nH]c3cc(C)ccc32)C1.CCCC1CC(=O)N(Cn2c(Cl)nc3ccc(C)cc32)C1.CCN(CC)C(=O)Cl.Cc1ccc2nc(Cl)[nH]c2c1.